The number of nitrogens with zero attached hydrogens (tertiary/aromatic N) is 3. The van der Waals surface area contributed by atoms with Gasteiger partial charge in [-0.05, 0) is 0 Å². The summed E-state index contributed by atoms with van der Waals surface area (Å²) in [5, 5.41) is 0. The van der Waals surface area contributed by atoms with Gasteiger partial charge < -0.3 is 14.9 Å². The van der Waals surface area contributed by atoms with Crippen LogP contribution < -0.4 is 10.5 Å². The monoisotopic (exact) mass is 166 g/mol. The van der Waals surface area contributed by atoms with E-state index in [1.165, 1.54) is 13.5 Å². The van der Waals surface area contributed by atoms with Gasteiger partial charge in [0.1, 0.15) is 0 Å². The van der Waals surface area contributed by atoms with E-state index in [2.05, 4.69) is 15.0 Å². The lowest BCUT2D eigenvalue weighted by Gasteiger charge is -1.97. The number of nitrogen functional groups attached to an aromatic ring is 1. The van der Waals surface area contributed by atoms with E-state index in [0.717, 1.165) is 0 Å². The lowest BCUT2D eigenvalue weighted by molar-refractivity contribution is 0.402. The molecule has 0 saturated carbocycles. The molecule has 2 aromatic heterocycles. The molecule has 6 nitrogen and oxygen atoms in total. The van der Waals surface area contributed by atoms with Gasteiger partial charge in [0.05, 0.1) is 7.11 Å². The van der Waals surface area contributed by atoms with Crippen LogP contribution in [0.4, 0.5) is 5.95 Å². The zero-order valence-corrected chi connectivity index (χ0v) is 6.31. The van der Waals surface area contributed by atoms with Crippen molar-refractivity contribution in [3.63, 3.8) is 0 Å². The summed E-state index contributed by atoms with van der Waals surface area (Å²) < 4.78 is 9.83. The molecule has 2 N–H and O–H groups in total. The second-order valence-corrected chi connectivity index (χ2v) is 2.10. The smallest absolute Gasteiger partial charge is 0.255 e. The highest BCUT2D eigenvalue weighted by atomic mass is 16.5. The third-order valence-corrected chi connectivity index (χ3v) is 1.38. The fraction of sp³-hybridized carbons (Fsp3) is 0.167. The van der Waals surface area contributed by atoms with Crippen molar-refractivity contribution in [2.24, 2.45) is 0 Å². The number of hydrogen-bond donors (Lipinski definition) is 1. The molecule has 0 aliphatic carbocycles. The van der Waals surface area contributed by atoms with Gasteiger partial charge in [0, 0.05) is 0 Å². The number of oxazole rings is 1. The first-order valence-electron chi connectivity index (χ1n) is 3.22. The third kappa shape index (κ3) is 0.849. The molecular formula is C6H6N4O2. The fourth-order valence-corrected chi connectivity index (χ4v) is 0.894. The lowest BCUT2D eigenvalue weighted by Crippen LogP contribution is -1.97. The molecule has 6 heteroatoms. The number of fused-ring (bicyclic) bond motifs is 1. The van der Waals surface area contributed by atoms with E-state index < -0.39 is 0 Å². The molecule has 0 atom stereocenters. The summed E-state index contributed by atoms with van der Waals surface area (Å²) in [4.78, 5) is 11.5. The average molecular weight is 166 g/mol. The topological polar surface area (TPSA) is 87.1 Å². The van der Waals surface area contributed by atoms with Crippen molar-refractivity contribution in [2.45, 2.75) is 0 Å². The SMILES string of the molecule is COc1nc(N)nc2ocnc12. The van der Waals surface area contributed by atoms with Crippen LogP contribution in [-0.4, -0.2) is 22.1 Å². The van der Waals surface area contributed by atoms with Gasteiger partial charge in [-0.1, -0.05) is 0 Å². The molecule has 0 aliphatic heterocycles. The fourth-order valence-electron chi connectivity index (χ4n) is 0.894. The molecule has 0 aromatic carbocycles. The Morgan fingerprint density at radius 3 is 3.08 bits per heavy atom. The molecule has 0 spiro atoms. The van der Waals surface area contributed by atoms with Crippen LogP contribution in [0.1, 0.15) is 0 Å². The summed E-state index contributed by atoms with van der Waals surface area (Å²) in [6.07, 6.45) is 1.27. The Bertz CT molecular complexity index is 411. The number of rotatable bonds is 1. The van der Waals surface area contributed by atoms with Crippen LogP contribution >= 0.6 is 0 Å². The average Bonchev–Trinajstić information content (AvgIpc) is 2.50. The van der Waals surface area contributed by atoms with Gasteiger partial charge in [-0.3, -0.25) is 0 Å². The van der Waals surface area contributed by atoms with Crippen molar-refractivity contribution in [3.8, 4) is 5.88 Å². The molecular weight excluding hydrogens is 160 g/mol. The first kappa shape index (κ1) is 6.84. The Kier molecular flexibility index (Phi) is 1.33. The van der Waals surface area contributed by atoms with Gasteiger partial charge in [0.2, 0.25) is 11.8 Å². The molecule has 62 valence electrons. The van der Waals surface area contributed by atoms with Crippen molar-refractivity contribution in [3.05, 3.63) is 6.39 Å². The minimum atomic E-state index is 0.108. The molecule has 12 heavy (non-hydrogen) atoms. The standard InChI is InChI=1S/C6H6N4O2/c1-11-4-3-5(12-2-8-3)10-6(7)9-4/h2H,1H3,(H2,7,9,10). The number of ether oxygens (including phenoxy) is 1. The van der Waals surface area contributed by atoms with Crippen LogP contribution in [0.3, 0.4) is 0 Å². The van der Waals surface area contributed by atoms with Gasteiger partial charge in [-0.2, -0.15) is 9.97 Å². The van der Waals surface area contributed by atoms with Crippen molar-refractivity contribution in [1.82, 2.24) is 15.0 Å². The maximum Gasteiger partial charge on any atom is 0.255 e. The van der Waals surface area contributed by atoms with Gasteiger partial charge in [-0.15, -0.1) is 0 Å². The molecule has 0 fully saturated rings. The van der Waals surface area contributed by atoms with E-state index in [0.29, 0.717) is 17.1 Å². The Hall–Kier alpha value is -1.85. The van der Waals surface area contributed by atoms with Crippen LogP contribution in [0.15, 0.2) is 10.8 Å². The largest absolute Gasteiger partial charge is 0.479 e. The number of anilines is 1. The molecule has 0 amide bonds. The predicted octanol–water partition coefficient (Wildman–Crippen LogP) is 0.209. The molecule has 2 rings (SSSR count). The van der Waals surface area contributed by atoms with Gasteiger partial charge in [0.25, 0.3) is 5.71 Å². The summed E-state index contributed by atoms with van der Waals surface area (Å²) in [6, 6.07) is 0. The minimum absolute atomic E-state index is 0.108. The van der Waals surface area contributed by atoms with Gasteiger partial charge in [0.15, 0.2) is 11.9 Å². The highest BCUT2D eigenvalue weighted by Crippen LogP contribution is 2.20. The second kappa shape index (κ2) is 2.33. The summed E-state index contributed by atoms with van der Waals surface area (Å²) in [5.41, 5.74) is 6.18. The van der Waals surface area contributed by atoms with Crippen LogP contribution in [0.25, 0.3) is 11.2 Å². The van der Waals surface area contributed by atoms with E-state index in [4.69, 9.17) is 14.9 Å². The zero-order valence-electron chi connectivity index (χ0n) is 6.31. The van der Waals surface area contributed by atoms with Crippen LogP contribution in [0.2, 0.25) is 0 Å². The summed E-state index contributed by atoms with van der Waals surface area (Å²) in [6.45, 7) is 0. The summed E-state index contributed by atoms with van der Waals surface area (Å²) >= 11 is 0. The van der Waals surface area contributed by atoms with Crippen molar-refractivity contribution < 1.29 is 9.15 Å². The lowest BCUT2D eigenvalue weighted by atomic mass is 10.5. The molecule has 2 aromatic rings. The quantitative estimate of drug-likeness (QED) is 0.651. The van der Waals surface area contributed by atoms with E-state index >= 15 is 0 Å². The van der Waals surface area contributed by atoms with Gasteiger partial charge in [-0.25, -0.2) is 4.98 Å². The molecule has 0 aliphatic rings. The Morgan fingerprint density at radius 1 is 1.50 bits per heavy atom. The number of methoxy groups -OCH3 is 1. The number of aromatic nitrogens is 3. The first-order valence-corrected chi connectivity index (χ1v) is 3.22. The highest BCUT2D eigenvalue weighted by molar-refractivity contribution is 5.74. The van der Waals surface area contributed by atoms with Crippen LogP contribution in [0.5, 0.6) is 5.88 Å². The molecule has 0 saturated heterocycles. The van der Waals surface area contributed by atoms with Crippen molar-refractivity contribution in [2.75, 3.05) is 12.8 Å². The Labute approximate surface area is 67.4 Å². The summed E-state index contributed by atoms with van der Waals surface area (Å²) in [7, 11) is 1.48. The predicted molar refractivity (Wildman–Crippen MR) is 40.6 cm³/mol. The molecule has 0 radical (unpaired) electrons. The zero-order chi connectivity index (χ0) is 8.55. The van der Waals surface area contributed by atoms with Crippen LogP contribution in [0, 0.1) is 0 Å². The number of nitrogens with two attached hydrogens (primary N) is 1. The normalized spacial score (nSPS) is 10.4. The highest BCUT2D eigenvalue weighted by Gasteiger charge is 2.09. The van der Waals surface area contributed by atoms with E-state index in [1.807, 2.05) is 0 Å². The second-order valence-electron chi connectivity index (χ2n) is 2.10. The van der Waals surface area contributed by atoms with E-state index in [1.54, 1.807) is 0 Å². The summed E-state index contributed by atoms with van der Waals surface area (Å²) in [5.74, 6) is 0.433. The van der Waals surface area contributed by atoms with Crippen LogP contribution in [-0.2, 0) is 0 Å². The maximum atomic E-state index is 5.37. The van der Waals surface area contributed by atoms with E-state index in [-0.39, 0.29) is 5.95 Å². The van der Waals surface area contributed by atoms with Gasteiger partial charge >= 0.3 is 0 Å². The maximum absolute atomic E-state index is 5.37. The first-order chi connectivity index (χ1) is 5.81. The minimum Gasteiger partial charge on any atom is -0.479 e. The Morgan fingerprint density at radius 2 is 2.33 bits per heavy atom. The van der Waals surface area contributed by atoms with Crippen molar-refractivity contribution >= 4 is 17.2 Å². The molecule has 2 heterocycles. The van der Waals surface area contributed by atoms with E-state index in [9.17, 15) is 0 Å². The van der Waals surface area contributed by atoms with Crippen molar-refractivity contribution in [1.29, 1.82) is 0 Å². The third-order valence-electron chi connectivity index (χ3n) is 1.38. The number of hydrogen-bond acceptors (Lipinski definition) is 6. The molecule has 0 unspecified atom stereocenters. The Balaban J connectivity index is 2.80. The molecule has 0 bridgehead atoms.